The second-order valence-corrected chi connectivity index (χ2v) is 7.18. The van der Waals surface area contributed by atoms with Crippen molar-refractivity contribution in [2.45, 2.75) is 31.3 Å². The number of nitrogens with one attached hydrogen (secondary N) is 2. The minimum atomic E-state index is -0.992. The van der Waals surface area contributed by atoms with Gasteiger partial charge in [-0.25, -0.2) is 14.6 Å². The maximum atomic E-state index is 13.2. The molecule has 0 saturated heterocycles. The molecule has 3 rings (SSSR count). The van der Waals surface area contributed by atoms with E-state index in [-0.39, 0.29) is 12.8 Å². The van der Waals surface area contributed by atoms with E-state index in [0.29, 0.717) is 23.7 Å². The Morgan fingerprint density at radius 1 is 1.30 bits per heavy atom. The number of hydrogen-bond acceptors (Lipinski definition) is 6. The predicted molar refractivity (Wildman–Crippen MR) is 108 cm³/mol. The van der Waals surface area contributed by atoms with Gasteiger partial charge in [-0.15, -0.1) is 0 Å². The van der Waals surface area contributed by atoms with Gasteiger partial charge in [0.15, 0.2) is 0 Å². The van der Waals surface area contributed by atoms with Crippen LogP contribution in [0, 0.1) is 0 Å². The summed E-state index contributed by atoms with van der Waals surface area (Å²) in [5.74, 6) is -1.12. The monoisotopic (exact) mass is 434 g/mol. The third-order valence-electron chi connectivity index (χ3n) is 5.03. The summed E-state index contributed by atoms with van der Waals surface area (Å²) in [5, 5.41) is 3.19. The van der Waals surface area contributed by atoms with E-state index in [9.17, 15) is 14.4 Å². The molecule has 0 bridgehead atoms. The van der Waals surface area contributed by atoms with E-state index in [1.165, 1.54) is 14.2 Å². The van der Waals surface area contributed by atoms with Crippen LogP contribution in [0.25, 0.3) is 0 Å². The maximum absolute atomic E-state index is 13.2. The molecular weight excluding hydrogens is 412 g/mol. The van der Waals surface area contributed by atoms with Gasteiger partial charge in [0.05, 0.1) is 26.2 Å². The summed E-state index contributed by atoms with van der Waals surface area (Å²) in [7, 11) is 2.49. The predicted octanol–water partition coefficient (Wildman–Crippen LogP) is 2.21. The minimum Gasteiger partial charge on any atom is -0.469 e. The first kappa shape index (κ1) is 21.6. The zero-order chi connectivity index (χ0) is 21.7. The van der Waals surface area contributed by atoms with Gasteiger partial charge in [0.2, 0.25) is 0 Å². The van der Waals surface area contributed by atoms with Gasteiger partial charge < -0.3 is 24.7 Å². The first-order valence-corrected chi connectivity index (χ1v) is 9.82. The van der Waals surface area contributed by atoms with Gasteiger partial charge in [-0.1, -0.05) is 29.8 Å². The summed E-state index contributed by atoms with van der Waals surface area (Å²) in [5.41, 5.74) is 2.36. The fraction of sp³-hybridized carbons (Fsp3) is 0.400. The summed E-state index contributed by atoms with van der Waals surface area (Å²) in [4.78, 5) is 45.9. The van der Waals surface area contributed by atoms with Crippen LogP contribution in [-0.4, -0.2) is 59.6 Å². The molecule has 2 N–H and O–H groups in total. The number of urea groups is 1. The summed E-state index contributed by atoms with van der Waals surface area (Å²) < 4.78 is 9.39. The number of rotatable bonds is 6. The summed E-state index contributed by atoms with van der Waals surface area (Å²) in [6.45, 7) is 0.391. The highest BCUT2D eigenvalue weighted by atomic mass is 35.5. The van der Waals surface area contributed by atoms with E-state index in [1.54, 1.807) is 17.3 Å². The molecule has 160 valence electrons. The number of aromatic amines is 1. The van der Waals surface area contributed by atoms with E-state index in [1.807, 2.05) is 18.2 Å². The van der Waals surface area contributed by atoms with Crippen LogP contribution in [0.3, 0.4) is 0 Å². The molecule has 30 heavy (non-hydrogen) atoms. The Morgan fingerprint density at radius 2 is 2.07 bits per heavy atom. The highest BCUT2D eigenvalue weighted by Gasteiger charge is 2.36. The van der Waals surface area contributed by atoms with Crippen molar-refractivity contribution < 1.29 is 23.9 Å². The molecule has 0 aliphatic carbocycles. The number of H-pyrrole nitrogens is 1. The van der Waals surface area contributed by atoms with Crippen molar-refractivity contribution in [1.82, 2.24) is 20.2 Å². The first-order chi connectivity index (χ1) is 14.5. The Balaban J connectivity index is 1.86. The van der Waals surface area contributed by atoms with E-state index in [4.69, 9.17) is 16.3 Å². The Kier molecular flexibility index (Phi) is 6.94. The van der Waals surface area contributed by atoms with Crippen LogP contribution in [0.1, 0.15) is 35.8 Å². The molecule has 0 radical (unpaired) electrons. The number of amides is 2. The average molecular weight is 435 g/mol. The van der Waals surface area contributed by atoms with Gasteiger partial charge in [-0.3, -0.25) is 4.79 Å². The lowest BCUT2D eigenvalue weighted by Crippen LogP contribution is -2.51. The van der Waals surface area contributed by atoms with Crippen LogP contribution < -0.4 is 5.32 Å². The number of halogens is 1. The standard InChI is InChI=1S/C20H23ClN4O5/c1-29-16(26)8-7-15(19(27)30-2)24-20(28)25-10-9-14-17(23-11-22-14)18(25)12-5-3-4-6-13(12)21/h3-6,11,15,18H,7-10H2,1-2H3,(H,22,23)(H,24,28)/t15-,18-/m0/s1. The van der Waals surface area contributed by atoms with Crippen molar-refractivity contribution in [2.75, 3.05) is 20.8 Å². The molecular formula is C20H23ClN4O5. The quantitative estimate of drug-likeness (QED) is 0.674. The molecule has 1 aliphatic heterocycles. The zero-order valence-electron chi connectivity index (χ0n) is 16.7. The maximum Gasteiger partial charge on any atom is 0.328 e. The molecule has 0 spiro atoms. The number of methoxy groups -OCH3 is 2. The van der Waals surface area contributed by atoms with Crippen LogP contribution in [0.4, 0.5) is 4.79 Å². The molecule has 2 amide bonds. The number of esters is 2. The summed E-state index contributed by atoms with van der Waals surface area (Å²) in [6, 6.07) is 5.25. The number of carbonyl (C=O) groups excluding carboxylic acids is 3. The first-order valence-electron chi connectivity index (χ1n) is 9.44. The fourth-order valence-corrected chi connectivity index (χ4v) is 3.73. The SMILES string of the molecule is COC(=O)CC[C@H](NC(=O)N1CCc2[nH]cnc2[C@@H]1c1ccccc1Cl)C(=O)OC. The van der Waals surface area contributed by atoms with Gasteiger partial charge in [0.25, 0.3) is 0 Å². The molecule has 9 nitrogen and oxygen atoms in total. The number of fused-ring (bicyclic) bond motifs is 1. The Morgan fingerprint density at radius 3 is 2.77 bits per heavy atom. The van der Waals surface area contributed by atoms with E-state index in [0.717, 1.165) is 11.3 Å². The highest BCUT2D eigenvalue weighted by molar-refractivity contribution is 6.31. The lowest BCUT2D eigenvalue weighted by Gasteiger charge is -2.36. The molecule has 2 heterocycles. The smallest absolute Gasteiger partial charge is 0.328 e. The molecule has 0 unspecified atom stereocenters. The van der Waals surface area contributed by atoms with Gasteiger partial charge in [-0.05, 0) is 18.1 Å². The number of carbonyl (C=O) groups is 3. The summed E-state index contributed by atoms with van der Waals surface area (Å²) in [6.07, 6.45) is 2.19. The van der Waals surface area contributed by atoms with Gasteiger partial charge in [0.1, 0.15) is 12.1 Å². The number of aromatic nitrogens is 2. The largest absolute Gasteiger partial charge is 0.469 e. The van der Waals surface area contributed by atoms with Crippen LogP contribution in [0.15, 0.2) is 30.6 Å². The average Bonchev–Trinajstić information content (AvgIpc) is 3.24. The van der Waals surface area contributed by atoms with Crippen LogP contribution in [-0.2, 0) is 25.5 Å². The fourth-order valence-electron chi connectivity index (χ4n) is 3.49. The van der Waals surface area contributed by atoms with E-state index < -0.39 is 30.1 Å². The Bertz CT molecular complexity index is 931. The number of hydrogen-bond donors (Lipinski definition) is 2. The third-order valence-corrected chi connectivity index (χ3v) is 5.38. The summed E-state index contributed by atoms with van der Waals surface area (Å²) >= 11 is 6.42. The van der Waals surface area contributed by atoms with Gasteiger partial charge >= 0.3 is 18.0 Å². The molecule has 10 heteroatoms. The van der Waals surface area contributed by atoms with E-state index >= 15 is 0 Å². The molecule has 2 atom stereocenters. The van der Waals surface area contributed by atoms with Crippen molar-refractivity contribution in [3.63, 3.8) is 0 Å². The van der Waals surface area contributed by atoms with E-state index in [2.05, 4.69) is 20.0 Å². The van der Waals surface area contributed by atoms with Crippen molar-refractivity contribution in [3.8, 4) is 0 Å². The minimum absolute atomic E-state index is 0.0337. The van der Waals surface area contributed by atoms with Gasteiger partial charge in [0, 0.05) is 30.1 Å². The van der Waals surface area contributed by atoms with Crippen LogP contribution in [0.2, 0.25) is 5.02 Å². The van der Waals surface area contributed by atoms with Crippen molar-refractivity contribution >= 4 is 29.6 Å². The zero-order valence-corrected chi connectivity index (χ0v) is 17.4. The number of nitrogens with zero attached hydrogens (tertiary/aromatic N) is 2. The normalized spacial score (nSPS) is 16.4. The lowest BCUT2D eigenvalue weighted by molar-refractivity contribution is -0.144. The van der Waals surface area contributed by atoms with Crippen molar-refractivity contribution in [1.29, 1.82) is 0 Å². The molecule has 1 aromatic carbocycles. The molecule has 1 aromatic heterocycles. The molecule has 0 fully saturated rings. The topological polar surface area (TPSA) is 114 Å². The third kappa shape index (κ3) is 4.56. The number of imidazole rings is 1. The molecule has 0 saturated carbocycles. The highest BCUT2D eigenvalue weighted by Crippen LogP contribution is 2.36. The number of benzene rings is 1. The molecule has 1 aliphatic rings. The van der Waals surface area contributed by atoms with Crippen LogP contribution >= 0.6 is 11.6 Å². The Hall–Kier alpha value is -3.07. The van der Waals surface area contributed by atoms with Gasteiger partial charge in [-0.2, -0.15) is 0 Å². The second-order valence-electron chi connectivity index (χ2n) is 6.77. The number of ether oxygens (including phenoxy) is 2. The molecule has 2 aromatic rings. The Labute approximate surface area is 178 Å². The lowest BCUT2D eigenvalue weighted by atomic mass is 9.96. The van der Waals surface area contributed by atoms with Crippen LogP contribution in [0.5, 0.6) is 0 Å². The van der Waals surface area contributed by atoms with Crippen molar-refractivity contribution in [3.05, 3.63) is 52.6 Å². The second kappa shape index (κ2) is 9.62. The van der Waals surface area contributed by atoms with Crippen molar-refractivity contribution in [2.24, 2.45) is 0 Å².